The number of hydrogen-bond donors (Lipinski definition) is 2. The van der Waals surface area contributed by atoms with Crippen molar-refractivity contribution in [2.24, 2.45) is 0 Å². The van der Waals surface area contributed by atoms with Crippen LogP contribution in [-0.4, -0.2) is 24.0 Å². The molecular formula is C15H15NO4. The molecule has 20 heavy (non-hydrogen) atoms. The van der Waals surface area contributed by atoms with Crippen molar-refractivity contribution in [1.82, 2.24) is 5.32 Å². The van der Waals surface area contributed by atoms with Crippen LogP contribution in [0.15, 0.2) is 60.7 Å². The van der Waals surface area contributed by atoms with E-state index < -0.39 is 12.4 Å². The molecule has 0 spiro atoms. The van der Waals surface area contributed by atoms with Crippen LogP contribution >= 0.6 is 0 Å². The van der Waals surface area contributed by atoms with E-state index in [4.69, 9.17) is 14.6 Å². The summed E-state index contributed by atoms with van der Waals surface area (Å²) >= 11 is 0. The van der Waals surface area contributed by atoms with E-state index in [0.717, 1.165) is 0 Å². The smallest absolute Gasteiger partial charge is 0.404 e. The maximum absolute atomic E-state index is 10.6. The molecule has 104 valence electrons. The van der Waals surface area contributed by atoms with E-state index in [1.54, 1.807) is 24.3 Å². The molecule has 0 saturated carbocycles. The normalized spacial score (nSPS) is 10.1. The Morgan fingerprint density at radius 2 is 1.40 bits per heavy atom. The predicted molar refractivity (Wildman–Crippen MR) is 74.0 cm³/mol. The van der Waals surface area contributed by atoms with Crippen LogP contribution in [0.4, 0.5) is 4.79 Å². The fraction of sp³-hybridized carbons (Fsp3) is 0.133. The van der Waals surface area contributed by atoms with Crippen LogP contribution in [0, 0.1) is 0 Å². The molecule has 0 aromatic heterocycles. The SMILES string of the molecule is O=C(O)NCC(Oc1ccccc1)Oc1ccccc1. The fourth-order valence-corrected chi connectivity index (χ4v) is 1.58. The molecule has 2 aromatic carbocycles. The molecule has 0 fully saturated rings. The number of carboxylic acid groups (broad SMARTS) is 1. The Morgan fingerprint density at radius 1 is 0.950 bits per heavy atom. The van der Waals surface area contributed by atoms with Crippen LogP contribution in [0.1, 0.15) is 0 Å². The number of rotatable bonds is 6. The Balaban J connectivity index is 2.02. The van der Waals surface area contributed by atoms with Gasteiger partial charge in [0.25, 0.3) is 6.29 Å². The molecule has 5 heteroatoms. The number of amides is 1. The van der Waals surface area contributed by atoms with E-state index in [-0.39, 0.29) is 6.54 Å². The second-order valence-corrected chi connectivity index (χ2v) is 3.98. The van der Waals surface area contributed by atoms with Gasteiger partial charge in [-0.3, -0.25) is 0 Å². The van der Waals surface area contributed by atoms with Crippen molar-refractivity contribution in [3.8, 4) is 11.5 Å². The number of ether oxygens (including phenoxy) is 2. The highest BCUT2D eigenvalue weighted by Gasteiger charge is 2.13. The van der Waals surface area contributed by atoms with Crippen molar-refractivity contribution in [1.29, 1.82) is 0 Å². The first kappa shape index (κ1) is 13.7. The molecule has 2 N–H and O–H groups in total. The van der Waals surface area contributed by atoms with Gasteiger partial charge in [0, 0.05) is 0 Å². The summed E-state index contributed by atoms with van der Waals surface area (Å²) in [6.45, 7) is 0.0269. The lowest BCUT2D eigenvalue weighted by molar-refractivity contribution is 0.00762. The lowest BCUT2D eigenvalue weighted by Gasteiger charge is -2.20. The largest absolute Gasteiger partial charge is 0.465 e. The van der Waals surface area contributed by atoms with Crippen molar-refractivity contribution in [3.05, 3.63) is 60.7 Å². The van der Waals surface area contributed by atoms with E-state index in [9.17, 15) is 4.79 Å². The molecule has 0 bridgehead atoms. The highest BCUT2D eigenvalue weighted by Crippen LogP contribution is 2.15. The molecule has 0 radical (unpaired) electrons. The van der Waals surface area contributed by atoms with Crippen LogP contribution in [0.25, 0.3) is 0 Å². The summed E-state index contributed by atoms with van der Waals surface area (Å²) in [5.41, 5.74) is 0. The zero-order valence-electron chi connectivity index (χ0n) is 10.7. The van der Waals surface area contributed by atoms with Gasteiger partial charge in [-0.25, -0.2) is 4.79 Å². The Labute approximate surface area is 116 Å². The summed E-state index contributed by atoms with van der Waals surface area (Å²) < 4.78 is 11.2. The Kier molecular flexibility index (Phi) is 4.83. The quantitative estimate of drug-likeness (QED) is 0.794. The Bertz CT molecular complexity index is 489. The van der Waals surface area contributed by atoms with Crippen LogP contribution in [0.5, 0.6) is 11.5 Å². The predicted octanol–water partition coefficient (Wildman–Crippen LogP) is 2.74. The summed E-state index contributed by atoms with van der Waals surface area (Å²) in [5, 5.41) is 10.9. The molecule has 0 aliphatic rings. The number of benzene rings is 2. The maximum Gasteiger partial charge on any atom is 0.404 e. The molecule has 2 aromatic rings. The van der Waals surface area contributed by atoms with Gasteiger partial charge in [0.05, 0.1) is 6.54 Å². The Hall–Kier alpha value is -2.69. The lowest BCUT2D eigenvalue weighted by atomic mass is 10.3. The highest BCUT2D eigenvalue weighted by atomic mass is 16.7. The van der Waals surface area contributed by atoms with Gasteiger partial charge in [-0.05, 0) is 24.3 Å². The van der Waals surface area contributed by atoms with Gasteiger partial charge < -0.3 is 19.9 Å². The lowest BCUT2D eigenvalue weighted by Crippen LogP contribution is -2.38. The number of para-hydroxylation sites is 2. The van der Waals surface area contributed by atoms with Crippen molar-refractivity contribution in [2.75, 3.05) is 6.54 Å². The van der Waals surface area contributed by atoms with Crippen LogP contribution in [0.3, 0.4) is 0 Å². The standard InChI is InChI=1S/C15H15NO4/c17-15(18)16-11-14(19-12-7-3-1-4-8-12)20-13-9-5-2-6-10-13/h1-10,14,16H,11H2,(H,17,18). The molecule has 0 atom stereocenters. The number of nitrogens with one attached hydrogen (secondary N) is 1. The minimum absolute atomic E-state index is 0.0269. The summed E-state index contributed by atoms with van der Waals surface area (Å²) in [4.78, 5) is 10.6. The topological polar surface area (TPSA) is 67.8 Å². The minimum atomic E-state index is -1.12. The molecular weight excluding hydrogens is 258 g/mol. The molecule has 5 nitrogen and oxygen atoms in total. The molecule has 0 saturated heterocycles. The average molecular weight is 273 g/mol. The molecule has 0 unspecified atom stereocenters. The second-order valence-electron chi connectivity index (χ2n) is 3.98. The van der Waals surface area contributed by atoms with Gasteiger partial charge in [-0.1, -0.05) is 36.4 Å². The van der Waals surface area contributed by atoms with Crippen molar-refractivity contribution in [2.45, 2.75) is 6.29 Å². The van der Waals surface area contributed by atoms with Crippen molar-refractivity contribution >= 4 is 6.09 Å². The van der Waals surface area contributed by atoms with Gasteiger partial charge in [0.1, 0.15) is 11.5 Å². The average Bonchev–Trinajstić information content (AvgIpc) is 2.47. The molecule has 2 rings (SSSR count). The third-order valence-corrected chi connectivity index (χ3v) is 2.44. The van der Waals surface area contributed by atoms with E-state index in [1.807, 2.05) is 36.4 Å². The van der Waals surface area contributed by atoms with Gasteiger partial charge in [0.2, 0.25) is 0 Å². The first-order valence-corrected chi connectivity index (χ1v) is 6.14. The third-order valence-electron chi connectivity index (χ3n) is 2.44. The maximum atomic E-state index is 10.6. The van der Waals surface area contributed by atoms with Gasteiger partial charge in [-0.2, -0.15) is 0 Å². The van der Waals surface area contributed by atoms with E-state index in [0.29, 0.717) is 11.5 Å². The minimum Gasteiger partial charge on any atom is -0.465 e. The monoisotopic (exact) mass is 273 g/mol. The van der Waals surface area contributed by atoms with Crippen molar-refractivity contribution < 1.29 is 19.4 Å². The molecule has 0 aliphatic heterocycles. The number of hydrogen-bond acceptors (Lipinski definition) is 3. The van der Waals surface area contributed by atoms with E-state index >= 15 is 0 Å². The fourth-order valence-electron chi connectivity index (χ4n) is 1.58. The third kappa shape index (κ3) is 4.53. The van der Waals surface area contributed by atoms with Crippen LogP contribution in [-0.2, 0) is 0 Å². The number of carbonyl (C=O) groups is 1. The highest BCUT2D eigenvalue weighted by molar-refractivity contribution is 5.64. The first-order valence-electron chi connectivity index (χ1n) is 6.14. The zero-order valence-corrected chi connectivity index (χ0v) is 10.7. The van der Waals surface area contributed by atoms with E-state index in [2.05, 4.69) is 5.32 Å². The first-order chi connectivity index (χ1) is 9.74. The second kappa shape index (κ2) is 7.04. The van der Waals surface area contributed by atoms with Gasteiger partial charge in [-0.15, -0.1) is 0 Å². The zero-order chi connectivity index (χ0) is 14.2. The van der Waals surface area contributed by atoms with E-state index in [1.165, 1.54) is 0 Å². The summed E-state index contributed by atoms with van der Waals surface area (Å²) in [6.07, 6.45) is -1.86. The summed E-state index contributed by atoms with van der Waals surface area (Å²) in [5.74, 6) is 1.22. The van der Waals surface area contributed by atoms with Gasteiger partial charge in [0.15, 0.2) is 0 Å². The summed E-state index contributed by atoms with van der Waals surface area (Å²) in [6, 6.07) is 18.2. The Morgan fingerprint density at radius 3 is 1.80 bits per heavy atom. The van der Waals surface area contributed by atoms with Crippen LogP contribution < -0.4 is 14.8 Å². The molecule has 0 aliphatic carbocycles. The van der Waals surface area contributed by atoms with Crippen LogP contribution in [0.2, 0.25) is 0 Å². The molecule has 0 heterocycles. The van der Waals surface area contributed by atoms with Crippen molar-refractivity contribution in [3.63, 3.8) is 0 Å². The molecule has 1 amide bonds. The summed E-state index contributed by atoms with van der Waals surface area (Å²) in [7, 11) is 0. The van der Waals surface area contributed by atoms with Gasteiger partial charge >= 0.3 is 6.09 Å².